The van der Waals surface area contributed by atoms with Crippen LogP contribution in [0.5, 0.6) is 0 Å². The SMILES string of the molecule is CC(C)CN(C1CCCC1)C(C)C(N)c1ccccc1. The van der Waals surface area contributed by atoms with Crippen LogP contribution in [0.25, 0.3) is 0 Å². The summed E-state index contributed by atoms with van der Waals surface area (Å²) in [6.45, 7) is 8.08. The average Bonchev–Trinajstić information content (AvgIpc) is 2.98. The van der Waals surface area contributed by atoms with E-state index >= 15 is 0 Å². The number of rotatable bonds is 6. The van der Waals surface area contributed by atoms with Gasteiger partial charge in [0.05, 0.1) is 0 Å². The van der Waals surface area contributed by atoms with Crippen LogP contribution in [0, 0.1) is 5.92 Å². The highest BCUT2D eigenvalue weighted by atomic mass is 15.2. The van der Waals surface area contributed by atoms with Gasteiger partial charge in [-0.3, -0.25) is 4.90 Å². The third-order valence-electron chi connectivity index (χ3n) is 4.60. The van der Waals surface area contributed by atoms with Crippen LogP contribution in [-0.2, 0) is 0 Å². The quantitative estimate of drug-likeness (QED) is 0.850. The Morgan fingerprint density at radius 1 is 1.10 bits per heavy atom. The van der Waals surface area contributed by atoms with E-state index in [-0.39, 0.29) is 6.04 Å². The molecule has 2 N–H and O–H groups in total. The summed E-state index contributed by atoms with van der Waals surface area (Å²) < 4.78 is 0. The fourth-order valence-electron chi connectivity index (χ4n) is 3.47. The summed E-state index contributed by atoms with van der Waals surface area (Å²) in [7, 11) is 0. The zero-order valence-corrected chi connectivity index (χ0v) is 13.3. The molecule has 0 aromatic heterocycles. The number of nitrogens with zero attached hydrogens (tertiary/aromatic N) is 1. The highest BCUT2D eigenvalue weighted by molar-refractivity contribution is 5.20. The number of hydrogen-bond acceptors (Lipinski definition) is 2. The van der Waals surface area contributed by atoms with Gasteiger partial charge in [0.1, 0.15) is 0 Å². The molecule has 1 saturated carbocycles. The van der Waals surface area contributed by atoms with Gasteiger partial charge in [-0.2, -0.15) is 0 Å². The third kappa shape index (κ3) is 3.83. The summed E-state index contributed by atoms with van der Waals surface area (Å²) in [4.78, 5) is 2.68. The van der Waals surface area contributed by atoms with Gasteiger partial charge in [-0.15, -0.1) is 0 Å². The molecule has 2 unspecified atom stereocenters. The van der Waals surface area contributed by atoms with Crippen molar-refractivity contribution in [2.75, 3.05) is 6.54 Å². The van der Waals surface area contributed by atoms with Crippen molar-refractivity contribution >= 4 is 0 Å². The zero-order chi connectivity index (χ0) is 14.5. The predicted octanol–water partition coefficient (Wildman–Crippen LogP) is 3.98. The molecule has 0 aliphatic heterocycles. The van der Waals surface area contributed by atoms with E-state index in [1.807, 2.05) is 0 Å². The lowest BCUT2D eigenvalue weighted by Crippen LogP contribution is -2.47. The van der Waals surface area contributed by atoms with Crippen LogP contribution in [0.1, 0.15) is 58.1 Å². The summed E-state index contributed by atoms with van der Waals surface area (Å²) in [5, 5.41) is 0. The molecule has 0 radical (unpaired) electrons. The minimum absolute atomic E-state index is 0.107. The van der Waals surface area contributed by atoms with Crippen molar-refractivity contribution in [2.45, 2.75) is 64.6 Å². The second-order valence-corrected chi connectivity index (χ2v) is 6.71. The number of hydrogen-bond donors (Lipinski definition) is 1. The van der Waals surface area contributed by atoms with Gasteiger partial charge < -0.3 is 5.73 Å². The molecule has 1 aliphatic carbocycles. The van der Waals surface area contributed by atoms with E-state index in [1.165, 1.54) is 31.2 Å². The van der Waals surface area contributed by atoms with Crippen LogP contribution < -0.4 is 5.73 Å². The minimum atomic E-state index is 0.107. The normalized spacial score (nSPS) is 19.7. The Balaban J connectivity index is 2.10. The Morgan fingerprint density at radius 2 is 1.70 bits per heavy atom. The van der Waals surface area contributed by atoms with E-state index in [1.54, 1.807) is 0 Å². The van der Waals surface area contributed by atoms with Crippen molar-refractivity contribution in [1.82, 2.24) is 4.90 Å². The maximum Gasteiger partial charge on any atom is 0.0450 e. The first-order chi connectivity index (χ1) is 9.59. The largest absolute Gasteiger partial charge is 0.323 e. The summed E-state index contributed by atoms with van der Waals surface area (Å²) in [5.74, 6) is 0.695. The fourth-order valence-corrected chi connectivity index (χ4v) is 3.47. The topological polar surface area (TPSA) is 29.3 Å². The van der Waals surface area contributed by atoms with E-state index < -0.39 is 0 Å². The third-order valence-corrected chi connectivity index (χ3v) is 4.60. The maximum absolute atomic E-state index is 6.54. The highest BCUT2D eigenvalue weighted by Gasteiger charge is 2.30. The number of nitrogens with two attached hydrogens (primary N) is 1. The summed E-state index contributed by atoms with van der Waals surface area (Å²) in [5.41, 5.74) is 7.80. The standard InChI is InChI=1S/C18H30N2/c1-14(2)13-20(17-11-7-8-12-17)15(3)18(19)16-9-5-4-6-10-16/h4-6,9-10,14-15,17-18H,7-8,11-13,19H2,1-3H3. The molecule has 112 valence electrons. The summed E-state index contributed by atoms with van der Waals surface area (Å²) in [6, 6.07) is 11.8. The first kappa shape index (κ1) is 15.5. The van der Waals surface area contributed by atoms with Crippen molar-refractivity contribution in [3.05, 3.63) is 35.9 Å². The molecule has 0 spiro atoms. The molecule has 0 amide bonds. The van der Waals surface area contributed by atoms with Crippen molar-refractivity contribution in [1.29, 1.82) is 0 Å². The van der Waals surface area contributed by atoms with E-state index in [0.29, 0.717) is 12.0 Å². The lowest BCUT2D eigenvalue weighted by molar-refractivity contribution is 0.111. The lowest BCUT2D eigenvalue weighted by atomic mass is 9.97. The van der Waals surface area contributed by atoms with Crippen LogP contribution in [0.15, 0.2) is 30.3 Å². The van der Waals surface area contributed by atoms with E-state index in [0.717, 1.165) is 12.6 Å². The monoisotopic (exact) mass is 274 g/mol. The Kier molecular flexibility index (Phi) is 5.62. The van der Waals surface area contributed by atoms with E-state index in [4.69, 9.17) is 5.73 Å². The van der Waals surface area contributed by atoms with Crippen molar-refractivity contribution in [3.63, 3.8) is 0 Å². The van der Waals surface area contributed by atoms with Gasteiger partial charge in [0.2, 0.25) is 0 Å². The van der Waals surface area contributed by atoms with Crippen LogP contribution in [-0.4, -0.2) is 23.5 Å². The van der Waals surface area contributed by atoms with Gasteiger partial charge >= 0.3 is 0 Å². The van der Waals surface area contributed by atoms with Gasteiger partial charge in [-0.05, 0) is 31.2 Å². The van der Waals surface area contributed by atoms with Crippen molar-refractivity contribution in [2.24, 2.45) is 11.7 Å². The zero-order valence-electron chi connectivity index (χ0n) is 13.3. The molecule has 1 aliphatic rings. The predicted molar refractivity (Wildman–Crippen MR) is 86.6 cm³/mol. The fraction of sp³-hybridized carbons (Fsp3) is 0.667. The van der Waals surface area contributed by atoms with Crippen molar-refractivity contribution < 1.29 is 0 Å². The molecule has 0 saturated heterocycles. The molecule has 1 fully saturated rings. The Labute approximate surface area is 124 Å². The Hall–Kier alpha value is -0.860. The smallest absolute Gasteiger partial charge is 0.0450 e. The molecular formula is C18H30N2. The molecule has 1 aromatic carbocycles. The maximum atomic E-state index is 6.54. The molecule has 0 bridgehead atoms. The van der Waals surface area contributed by atoms with E-state index in [2.05, 4.69) is 56.0 Å². The molecule has 2 heteroatoms. The Morgan fingerprint density at radius 3 is 2.25 bits per heavy atom. The van der Waals surface area contributed by atoms with Gasteiger partial charge in [-0.25, -0.2) is 0 Å². The molecule has 1 aromatic rings. The highest BCUT2D eigenvalue weighted by Crippen LogP contribution is 2.29. The van der Waals surface area contributed by atoms with Gasteiger partial charge in [0.25, 0.3) is 0 Å². The molecule has 2 nitrogen and oxygen atoms in total. The van der Waals surface area contributed by atoms with Crippen LogP contribution in [0.4, 0.5) is 0 Å². The molecule has 0 heterocycles. The van der Waals surface area contributed by atoms with Gasteiger partial charge in [0.15, 0.2) is 0 Å². The van der Waals surface area contributed by atoms with Gasteiger partial charge in [0, 0.05) is 24.7 Å². The van der Waals surface area contributed by atoms with Crippen LogP contribution >= 0.6 is 0 Å². The van der Waals surface area contributed by atoms with Crippen LogP contribution in [0.2, 0.25) is 0 Å². The second kappa shape index (κ2) is 7.24. The minimum Gasteiger partial charge on any atom is -0.323 e. The molecular weight excluding hydrogens is 244 g/mol. The first-order valence-corrected chi connectivity index (χ1v) is 8.16. The summed E-state index contributed by atoms with van der Waals surface area (Å²) in [6.07, 6.45) is 5.45. The summed E-state index contributed by atoms with van der Waals surface area (Å²) >= 11 is 0. The van der Waals surface area contributed by atoms with Crippen LogP contribution in [0.3, 0.4) is 0 Å². The lowest BCUT2D eigenvalue weighted by Gasteiger charge is -2.38. The van der Waals surface area contributed by atoms with E-state index in [9.17, 15) is 0 Å². The van der Waals surface area contributed by atoms with Gasteiger partial charge in [-0.1, -0.05) is 57.0 Å². The number of benzene rings is 1. The first-order valence-electron chi connectivity index (χ1n) is 8.16. The Bertz CT molecular complexity index is 382. The molecule has 2 rings (SSSR count). The second-order valence-electron chi connectivity index (χ2n) is 6.71. The molecule has 2 atom stereocenters. The molecule has 20 heavy (non-hydrogen) atoms. The van der Waals surface area contributed by atoms with Crippen molar-refractivity contribution in [3.8, 4) is 0 Å². The average molecular weight is 274 g/mol.